The quantitative estimate of drug-likeness (QED) is 0.815. The zero-order valence-electron chi connectivity index (χ0n) is 17.7. The van der Waals surface area contributed by atoms with Crippen LogP contribution in [0.1, 0.15) is 56.5 Å². The number of amides is 2. The normalized spacial score (nSPS) is 19.8. The molecular formula is C20H33N5O3. The van der Waals surface area contributed by atoms with E-state index in [1.807, 2.05) is 20.8 Å². The second kappa shape index (κ2) is 8.21. The van der Waals surface area contributed by atoms with Crippen molar-refractivity contribution in [2.45, 2.75) is 58.5 Å². The maximum atomic E-state index is 13.1. The molecule has 3 rings (SSSR count). The minimum absolute atomic E-state index is 0.203. The Bertz CT molecular complexity index is 731. The van der Waals surface area contributed by atoms with E-state index < -0.39 is 11.5 Å². The van der Waals surface area contributed by atoms with Crippen molar-refractivity contribution in [1.29, 1.82) is 0 Å². The fraction of sp³-hybridized carbons (Fsp3) is 0.750. The average Bonchev–Trinajstić information content (AvgIpc) is 3.03. The number of hydrogen-bond acceptors (Lipinski definition) is 5. The van der Waals surface area contributed by atoms with E-state index in [0.717, 1.165) is 57.0 Å². The molecule has 2 amide bonds. The molecule has 3 heterocycles. The number of carbonyl (C=O) groups excluding carboxylic acids is 2. The molecule has 2 aliphatic heterocycles. The van der Waals surface area contributed by atoms with Gasteiger partial charge in [-0.05, 0) is 25.3 Å². The van der Waals surface area contributed by atoms with E-state index in [0.29, 0.717) is 5.92 Å². The largest absolute Gasteiger partial charge is 0.381 e. The van der Waals surface area contributed by atoms with Crippen LogP contribution in [-0.4, -0.2) is 66.5 Å². The van der Waals surface area contributed by atoms with E-state index in [1.54, 1.807) is 7.05 Å². The molecule has 1 fully saturated rings. The Balaban J connectivity index is 1.92. The van der Waals surface area contributed by atoms with Crippen molar-refractivity contribution >= 4 is 11.9 Å². The predicted molar refractivity (Wildman–Crippen MR) is 106 cm³/mol. The summed E-state index contributed by atoms with van der Waals surface area (Å²) >= 11 is 0. The van der Waals surface area contributed by atoms with Crippen molar-refractivity contribution in [1.82, 2.24) is 25.3 Å². The van der Waals surface area contributed by atoms with Gasteiger partial charge in [0.15, 0.2) is 0 Å². The molecule has 1 aromatic rings. The van der Waals surface area contributed by atoms with Crippen molar-refractivity contribution in [3.8, 4) is 0 Å². The number of likely N-dealkylation sites (N-methyl/N-ethyl adjacent to an activating group) is 2. The van der Waals surface area contributed by atoms with Gasteiger partial charge in [-0.1, -0.05) is 20.8 Å². The second-order valence-electron chi connectivity index (χ2n) is 8.96. The molecule has 0 radical (unpaired) electrons. The van der Waals surface area contributed by atoms with E-state index in [-0.39, 0.29) is 11.9 Å². The molecule has 1 unspecified atom stereocenters. The van der Waals surface area contributed by atoms with Crippen LogP contribution < -0.4 is 10.6 Å². The lowest BCUT2D eigenvalue weighted by atomic mass is 9.86. The van der Waals surface area contributed by atoms with Crippen molar-refractivity contribution in [2.75, 3.05) is 33.9 Å². The van der Waals surface area contributed by atoms with Gasteiger partial charge in [-0.15, -0.1) is 0 Å². The standard InChI is InChI=1S/C20H33N5O3/c1-20(2,3)17(18(26)21-4)22-19(27)25-15-6-9-24(5)12-14(15)16(23-25)13-7-10-28-11-8-13/h13,17H,6-12H2,1-5H3,(H,21,26)(H,22,27). The lowest BCUT2D eigenvalue weighted by molar-refractivity contribution is -0.124. The van der Waals surface area contributed by atoms with Crippen LogP contribution in [0.25, 0.3) is 0 Å². The summed E-state index contributed by atoms with van der Waals surface area (Å²) in [5.41, 5.74) is 2.75. The van der Waals surface area contributed by atoms with Crippen LogP contribution in [0.4, 0.5) is 4.79 Å². The van der Waals surface area contributed by atoms with Crippen LogP contribution in [0.2, 0.25) is 0 Å². The first kappa shape index (κ1) is 20.8. The fourth-order valence-corrected chi connectivity index (χ4v) is 4.05. The maximum absolute atomic E-state index is 13.1. The highest BCUT2D eigenvalue weighted by Crippen LogP contribution is 2.33. The van der Waals surface area contributed by atoms with Gasteiger partial charge in [0.2, 0.25) is 5.91 Å². The smallest absolute Gasteiger partial charge is 0.342 e. The van der Waals surface area contributed by atoms with Crippen LogP contribution in [0.5, 0.6) is 0 Å². The SMILES string of the molecule is CNC(=O)C(NC(=O)n1nc(C2CCOCC2)c2c1CCN(C)C2)C(C)(C)C. The van der Waals surface area contributed by atoms with Gasteiger partial charge in [0.05, 0.1) is 11.4 Å². The molecule has 28 heavy (non-hydrogen) atoms. The molecule has 2 aliphatic rings. The Morgan fingerprint density at radius 2 is 1.93 bits per heavy atom. The van der Waals surface area contributed by atoms with Crippen LogP contribution in [0.3, 0.4) is 0 Å². The Morgan fingerprint density at radius 3 is 2.54 bits per heavy atom. The number of fused-ring (bicyclic) bond motifs is 1. The summed E-state index contributed by atoms with van der Waals surface area (Å²) in [5.74, 6) is 0.117. The Morgan fingerprint density at radius 1 is 1.25 bits per heavy atom. The highest BCUT2D eigenvalue weighted by molar-refractivity contribution is 5.88. The zero-order chi connectivity index (χ0) is 20.5. The van der Waals surface area contributed by atoms with Crippen molar-refractivity contribution in [3.63, 3.8) is 0 Å². The summed E-state index contributed by atoms with van der Waals surface area (Å²) in [4.78, 5) is 27.7. The molecule has 156 valence electrons. The average molecular weight is 392 g/mol. The lowest BCUT2D eigenvalue weighted by Gasteiger charge is -2.30. The van der Waals surface area contributed by atoms with Crippen LogP contribution in [-0.2, 0) is 22.5 Å². The third-order valence-electron chi connectivity index (χ3n) is 5.72. The first-order valence-electron chi connectivity index (χ1n) is 10.1. The Kier molecular flexibility index (Phi) is 6.09. The molecule has 0 aromatic carbocycles. The molecule has 8 heteroatoms. The van der Waals surface area contributed by atoms with Crippen LogP contribution in [0, 0.1) is 5.41 Å². The van der Waals surface area contributed by atoms with Gasteiger partial charge in [0, 0.05) is 51.3 Å². The number of carbonyl (C=O) groups is 2. The summed E-state index contributed by atoms with van der Waals surface area (Å²) in [6.07, 6.45) is 2.63. The van der Waals surface area contributed by atoms with Crippen molar-refractivity contribution in [3.05, 3.63) is 17.0 Å². The van der Waals surface area contributed by atoms with E-state index in [1.165, 1.54) is 10.2 Å². The molecule has 8 nitrogen and oxygen atoms in total. The van der Waals surface area contributed by atoms with E-state index in [4.69, 9.17) is 9.84 Å². The van der Waals surface area contributed by atoms with Crippen molar-refractivity contribution < 1.29 is 14.3 Å². The predicted octanol–water partition coefficient (Wildman–Crippen LogP) is 1.48. The Labute approximate surface area is 167 Å². The van der Waals surface area contributed by atoms with Gasteiger partial charge < -0.3 is 20.3 Å². The summed E-state index contributed by atoms with van der Waals surface area (Å²) in [6.45, 7) is 8.97. The maximum Gasteiger partial charge on any atom is 0.342 e. The van der Waals surface area contributed by atoms with E-state index in [2.05, 4.69) is 22.6 Å². The number of hydrogen-bond donors (Lipinski definition) is 2. The first-order chi connectivity index (χ1) is 13.2. The number of ether oxygens (including phenoxy) is 1. The zero-order valence-corrected chi connectivity index (χ0v) is 17.7. The summed E-state index contributed by atoms with van der Waals surface area (Å²) in [6, 6.07) is -0.967. The summed E-state index contributed by atoms with van der Waals surface area (Å²) in [5, 5.41) is 10.3. The van der Waals surface area contributed by atoms with Crippen LogP contribution >= 0.6 is 0 Å². The van der Waals surface area contributed by atoms with Gasteiger partial charge in [-0.3, -0.25) is 4.79 Å². The lowest BCUT2D eigenvalue weighted by Crippen LogP contribution is -2.54. The topological polar surface area (TPSA) is 88.5 Å². The second-order valence-corrected chi connectivity index (χ2v) is 8.96. The molecule has 0 aliphatic carbocycles. The van der Waals surface area contributed by atoms with Crippen LogP contribution in [0.15, 0.2) is 0 Å². The van der Waals surface area contributed by atoms with Gasteiger partial charge in [0.1, 0.15) is 6.04 Å². The molecule has 1 atom stereocenters. The Hall–Kier alpha value is -1.93. The molecule has 1 saturated heterocycles. The summed E-state index contributed by atoms with van der Waals surface area (Å²) in [7, 11) is 3.68. The van der Waals surface area contributed by atoms with Gasteiger partial charge in [-0.2, -0.15) is 9.78 Å². The minimum atomic E-state index is -0.636. The number of nitrogens with zero attached hydrogens (tertiary/aromatic N) is 3. The number of aromatic nitrogens is 2. The summed E-state index contributed by atoms with van der Waals surface area (Å²) < 4.78 is 7.01. The third-order valence-corrected chi connectivity index (χ3v) is 5.72. The highest BCUT2D eigenvalue weighted by atomic mass is 16.5. The number of nitrogens with one attached hydrogen (secondary N) is 2. The highest BCUT2D eigenvalue weighted by Gasteiger charge is 2.35. The minimum Gasteiger partial charge on any atom is -0.381 e. The fourth-order valence-electron chi connectivity index (χ4n) is 4.05. The molecule has 0 bridgehead atoms. The monoisotopic (exact) mass is 391 g/mol. The van der Waals surface area contributed by atoms with Crippen molar-refractivity contribution in [2.24, 2.45) is 5.41 Å². The van der Waals surface area contributed by atoms with E-state index in [9.17, 15) is 9.59 Å². The van der Waals surface area contributed by atoms with Gasteiger partial charge in [-0.25, -0.2) is 4.79 Å². The molecule has 0 saturated carbocycles. The number of rotatable bonds is 3. The first-order valence-corrected chi connectivity index (χ1v) is 10.1. The van der Waals surface area contributed by atoms with Gasteiger partial charge >= 0.3 is 6.03 Å². The van der Waals surface area contributed by atoms with E-state index >= 15 is 0 Å². The molecule has 0 spiro atoms. The molecular weight excluding hydrogens is 358 g/mol. The molecule has 2 N–H and O–H groups in total. The van der Waals surface area contributed by atoms with Gasteiger partial charge in [0.25, 0.3) is 0 Å². The molecule has 1 aromatic heterocycles. The third kappa shape index (κ3) is 4.22.